The lowest BCUT2D eigenvalue weighted by molar-refractivity contribution is 1.04. The van der Waals surface area contributed by atoms with Gasteiger partial charge >= 0.3 is 0 Å². The van der Waals surface area contributed by atoms with Gasteiger partial charge in [-0.05, 0) is 29.3 Å². The molecule has 0 fully saturated rings. The molecule has 0 amide bonds. The molecule has 0 bridgehead atoms. The molecule has 0 saturated carbocycles. The van der Waals surface area contributed by atoms with E-state index in [-0.39, 0.29) is 0 Å². The lowest BCUT2D eigenvalue weighted by Gasteiger charge is -2.01. The molecule has 0 radical (unpaired) electrons. The highest BCUT2D eigenvalue weighted by molar-refractivity contribution is 9.10. The number of nitrogen functional groups attached to an aromatic ring is 1. The highest BCUT2D eigenvalue weighted by Gasteiger charge is 2.08. The molecule has 0 aliphatic carbocycles. The Balaban J connectivity index is 2.24. The van der Waals surface area contributed by atoms with E-state index in [2.05, 4.69) is 50.0 Å². The van der Waals surface area contributed by atoms with Crippen molar-refractivity contribution in [1.82, 2.24) is 15.0 Å². The van der Waals surface area contributed by atoms with E-state index in [1.54, 1.807) is 17.4 Å². The van der Waals surface area contributed by atoms with Gasteiger partial charge in [0.1, 0.15) is 10.4 Å². The molecule has 2 aromatic rings. The summed E-state index contributed by atoms with van der Waals surface area (Å²) in [5.41, 5.74) is 6.73. The van der Waals surface area contributed by atoms with Gasteiger partial charge in [-0.2, -0.15) is 4.98 Å². The van der Waals surface area contributed by atoms with E-state index < -0.39 is 0 Å². The normalized spacial score (nSPS) is 10.5. The van der Waals surface area contributed by atoms with Crippen LogP contribution in [0.2, 0.25) is 0 Å². The molecule has 0 aromatic carbocycles. The number of thiazole rings is 1. The minimum Gasteiger partial charge on any atom is -0.383 e. The number of anilines is 3. The Hall–Kier alpha value is -1.21. The van der Waals surface area contributed by atoms with Crippen LogP contribution >= 0.6 is 27.3 Å². The minimum absolute atomic E-state index is 0.415. The molecular weight excluding hydrogens is 302 g/mol. The molecule has 17 heavy (non-hydrogen) atoms. The van der Waals surface area contributed by atoms with Gasteiger partial charge in [-0.25, -0.2) is 9.97 Å². The Kier molecular flexibility index (Phi) is 3.58. The van der Waals surface area contributed by atoms with Crippen molar-refractivity contribution in [3.8, 4) is 0 Å². The highest BCUT2D eigenvalue weighted by atomic mass is 79.9. The smallest absolute Gasteiger partial charge is 0.232 e. The van der Waals surface area contributed by atoms with E-state index in [0.29, 0.717) is 16.4 Å². The number of aryl methyl sites for hydroxylation is 2. The van der Waals surface area contributed by atoms with Crippen molar-refractivity contribution in [2.24, 2.45) is 0 Å². The molecule has 0 aliphatic heterocycles. The van der Waals surface area contributed by atoms with Crippen molar-refractivity contribution in [3.05, 3.63) is 21.2 Å². The quantitative estimate of drug-likeness (QED) is 0.852. The maximum Gasteiger partial charge on any atom is 0.232 e. The molecule has 0 saturated heterocycles. The van der Waals surface area contributed by atoms with Crippen LogP contribution in [-0.2, 0) is 6.42 Å². The summed E-state index contributed by atoms with van der Waals surface area (Å²) in [6.45, 7) is 4.14. The van der Waals surface area contributed by atoms with Crippen molar-refractivity contribution >= 4 is 44.2 Å². The van der Waals surface area contributed by atoms with Gasteiger partial charge in [-0.1, -0.05) is 6.92 Å². The maximum absolute atomic E-state index is 5.64. The molecule has 5 nitrogen and oxygen atoms in total. The topological polar surface area (TPSA) is 76.7 Å². The monoisotopic (exact) mass is 313 g/mol. The fourth-order valence-corrected chi connectivity index (χ4v) is 2.69. The molecule has 0 unspecified atom stereocenters. The zero-order valence-electron chi connectivity index (χ0n) is 9.49. The van der Waals surface area contributed by atoms with Crippen LogP contribution in [0.3, 0.4) is 0 Å². The number of aromatic nitrogens is 3. The van der Waals surface area contributed by atoms with Gasteiger partial charge in [0.15, 0.2) is 5.13 Å². The van der Waals surface area contributed by atoms with Crippen LogP contribution in [0.25, 0.3) is 0 Å². The Morgan fingerprint density at radius 3 is 2.76 bits per heavy atom. The second kappa shape index (κ2) is 4.97. The van der Waals surface area contributed by atoms with Crippen molar-refractivity contribution in [1.29, 1.82) is 0 Å². The van der Waals surface area contributed by atoms with Crippen molar-refractivity contribution in [2.45, 2.75) is 20.3 Å². The van der Waals surface area contributed by atoms with Crippen LogP contribution in [0.5, 0.6) is 0 Å². The van der Waals surface area contributed by atoms with Crippen molar-refractivity contribution in [2.75, 3.05) is 11.1 Å². The molecule has 0 spiro atoms. The summed E-state index contributed by atoms with van der Waals surface area (Å²) in [5.74, 6) is 0.867. The van der Waals surface area contributed by atoms with Crippen molar-refractivity contribution < 1.29 is 0 Å². The molecule has 90 valence electrons. The van der Waals surface area contributed by atoms with E-state index >= 15 is 0 Å². The molecule has 7 heteroatoms. The number of hydrogen-bond acceptors (Lipinski definition) is 6. The average molecular weight is 314 g/mol. The third-order valence-electron chi connectivity index (χ3n) is 2.16. The number of nitrogens with two attached hydrogens (primary N) is 1. The predicted molar refractivity (Wildman–Crippen MR) is 73.7 cm³/mol. The fraction of sp³-hybridized carbons (Fsp3) is 0.300. The van der Waals surface area contributed by atoms with Crippen LogP contribution in [-0.4, -0.2) is 15.0 Å². The van der Waals surface area contributed by atoms with Crippen molar-refractivity contribution in [3.63, 3.8) is 0 Å². The van der Waals surface area contributed by atoms with Gasteiger partial charge in [-0.3, -0.25) is 5.32 Å². The highest BCUT2D eigenvalue weighted by Crippen LogP contribution is 2.25. The van der Waals surface area contributed by atoms with Gasteiger partial charge in [0.2, 0.25) is 5.95 Å². The summed E-state index contributed by atoms with van der Waals surface area (Å²) in [7, 11) is 0. The molecule has 0 aliphatic rings. The van der Waals surface area contributed by atoms with Crippen LogP contribution in [0.15, 0.2) is 10.7 Å². The summed E-state index contributed by atoms with van der Waals surface area (Å²) in [6.07, 6.45) is 0.922. The van der Waals surface area contributed by atoms with Gasteiger partial charge in [-0.15, -0.1) is 11.3 Å². The van der Waals surface area contributed by atoms with Gasteiger partial charge in [0, 0.05) is 10.9 Å². The molecule has 2 rings (SSSR count). The van der Waals surface area contributed by atoms with Gasteiger partial charge in [0.05, 0.1) is 5.69 Å². The minimum atomic E-state index is 0.415. The summed E-state index contributed by atoms with van der Waals surface area (Å²) < 4.78 is 0.650. The van der Waals surface area contributed by atoms with Crippen LogP contribution in [0.4, 0.5) is 16.9 Å². The van der Waals surface area contributed by atoms with Crippen LogP contribution < -0.4 is 11.1 Å². The lowest BCUT2D eigenvalue weighted by atomic mass is 10.3. The Morgan fingerprint density at radius 1 is 1.41 bits per heavy atom. The van der Waals surface area contributed by atoms with E-state index in [9.17, 15) is 0 Å². The number of hydrogen-bond donors (Lipinski definition) is 2. The lowest BCUT2D eigenvalue weighted by Crippen LogP contribution is -2.00. The Morgan fingerprint density at radius 2 is 2.18 bits per heavy atom. The second-order valence-corrected chi connectivity index (χ2v) is 5.46. The standard InChI is InChI=1S/C10H12BrN5S/c1-3-6-5(2)17-10(13-6)16-9-14-7(11)4-8(12)15-9/h4H,3H2,1-2H3,(H3,12,13,14,15,16). The number of nitrogens with zero attached hydrogens (tertiary/aromatic N) is 3. The van der Waals surface area contributed by atoms with E-state index in [4.69, 9.17) is 5.73 Å². The maximum atomic E-state index is 5.64. The summed E-state index contributed by atoms with van der Waals surface area (Å²) in [5, 5.41) is 3.85. The molecular formula is C10H12BrN5S. The first kappa shape index (κ1) is 12.3. The molecule has 3 N–H and O–H groups in total. The fourth-order valence-electron chi connectivity index (χ4n) is 1.40. The third-order valence-corrected chi connectivity index (χ3v) is 3.50. The molecule has 2 heterocycles. The summed E-state index contributed by atoms with van der Waals surface area (Å²) >= 11 is 4.86. The third kappa shape index (κ3) is 2.92. The average Bonchev–Trinajstić information content (AvgIpc) is 2.57. The van der Waals surface area contributed by atoms with E-state index in [1.807, 2.05) is 0 Å². The van der Waals surface area contributed by atoms with E-state index in [1.165, 1.54) is 4.88 Å². The number of halogens is 1. The number of nitrogens with one attached hydrogen (secondary N) is 1. The predicted octanol–water partition coefficient (Wildman–Crippen LogP) is 2.89. The van der Waals surface area contributed by atoms with Gasteiger partial charge < -0.3 is 5.73 Å². The summed E-state index contributed by atoms with van der Waals surface area (Å²) in [6, 6.07) is 1.65. The summed E-state index contributed by atoms with van der Waals surface area (Å²) in [4.78, 5) is 13.9. The molecule has 2 aromatic heterocycles. The number of rotatable bonds is 3. The Bertz CT molecular complexity index is 519. The molecule has 0 atom stereocenters. The van der Waals surface area contributed by atoms with Crippen LogP contribution in [0.1, 0.15) is 17.5 Å². The zero-order valence-corrected chi connectivity index (χ0v) is 11.9. The SMILES string of the molecule is CCc1nc(Nc2nc(N)cc(Br)n2)sc1C. The first-order chi connectivity index (χ1) is 8.08. The first-order valence-corrected chi connectivity index (χ1v) is 6.73. The van der Waals surface area contributed by atoms with Gasteiger partial charge in [0.25, 0.3) is 0 Å². The Labute approximate surface area is 112 Å². The van der Waals surface area contributed by atoms with Crippen LogP contribution in [0, 0.1) is 6.92 Å². The van der Waals surface area contributed by atoms with E-state index in [0.717, 1.165) is 17.2 Å². The largest absolute Gasteiger partial charge is 0.383 e. The zero-order chi connectivity index (χ0) is 12.4. The first-order valence-electron chi connectivity index (χ1n) is 5.12. The second-order valence-electron chi connectivity index (χ2n) is 3.44.